The van der Waals surface area contributed by atoms with Crippen LogP contribution in [0.1, 0.15) is 44.6 Å². The molecule has 0 saturated carbocycles. The third-order valence-electron chi connectivity index (χ3n) is 7.15. The number of rotatable bonds is 10. The van der Waals surface area contributed by atoms with Crippen LogP contribution >= 0.6 is 11.8 Å². The summed E-state index contributed by atoms with van der Waals surface area (Å²) in [5.74, 6) is -2.58. The molecule has 2 aromatic rings. The Kier molecular flexibility index (Phi) is 12.6. The molecule has 0 aliphatic carbocycles. The van der Waals surface area contributed by atoms with Crippen LogP contribution in [0.4, 0.5) is 0 Å². The van der Waals surface area contributed by atoms with Crippen LogP contribution in [0.25, 0.3) is 11.3 Å². The van der Waals surface area contributed by atoms with Gasteiger partial charge in [-0.15, -0.1) is 0 Å². The van der Waals surface area contributed by atoms with Gasteiger partial charge in [0.2, 0.25) is 5.91 Å². The first kappa shape index (κ1) is 34.1. The summed E-state index contributed by atoms with van der Waals surface area (Å²) in [7, 11) is 1.93. The van der Waals surface area contributed by atoms with Gasteiger partial charge in [0.1, 0.15) is 17.8 Å². The zero-order chi connectivity index (χ0) is 31.7. The van der Waals surface area contributed by atoms with E-state index in [2.05, 4.69) is 15.6 Å². The molecule has 0 unspecified atom stereocenters. The third-order valence-corrected chi connectivity index (χ3v) is 8.44. The number of likely N-dealkylation sites (N-methyl/N-ethyl adjacent to an activating group) is 1. The minimum absolute atomic E-state index is 0.0536. The molecule has 2 heterocycles. The summed E-state index contributed by atoms with van der Waals surface area (Å²) in [6.45, 7) is 7.05. The molecule has 1 fully saturated rings. The highest BCUT2D eigenvalue weighted by molar-refractivity contribution is 7.99. The molecule has 5 atom stereocenters. The molecule has 0 radical (unpaired) electrons. The maximum Gasteiger partial charge on any atom is 0.475 e. The molecule has 1 aliphatic heterocycles. The zero-order valence-corrected chi connectivity index (χ0v) is 26.3. The van der Waals surface area contributed by atoms with Crippen molar-refractivity contribution in [1.82, 2.24) is 20.4 Å². The topological polar surface area (TPSA) is 147 Å². The third kappa shape index (κ3) is 9.28. The summed E-state index contributed by atoms with van der Waals surface area (Å²) < 4.78 is 10.9. The van der Waals surface area contributed by atoms with Crippen LogP contribution in [0.5, 0.6) is 0 Å². The maximum atomic E-state index is 13.7. The molecular weight excluding hydrogens is 571 g/mol. The van der Waals surface area contributed by atoms with Crippen molar-refractivity contribution in [3.05, 3.63) is 54.2 Å². The van der Waals surface area contributed by atoms with E-state index >= 15 is 0 Å². The van der Waals surface area contributed by atoms with Crippen molar-refractivity contribution in [1.29, 1.82) is 0 Å². The fourth-order valence-electron chi connectivity index (χ4n) is 4.75. The Morgan fingerprint density at radius 3 is 2.44 bits per heavy atom. The molecule has 13 heteroatoms. The lowest BCUT2D eigenvalue weighted by molar-refractivity contribution is -0.145. The van der Waals surface area contributed by atoms with Crippen molar-refractivity contribution in [3.8, 4) is 11.3 Å². The van der Waals surface area contributed by atoms with Gasteiger partial charge in [0.15, 0.2) is 0 Å². The summed E-state index contributed by atoms with van der Waals surface area (Å²) in [4.78, 5) is 58.6. The van der Waals surface area contributed by atoms with Gasteiger partial charge >= 0.3 is 13.0 Å². The number of aromatic nitrogens is 1. The summed E-state index contributed by atoms with van der Waals surface area (Å²) in [5.41, 5.74) is 1.49. The first-order chi connectivity index (χ1) is 20.4. The molecule has 3 N–H and O–H groups in total. The Bertz CT molecular complexity index is 1270. The van der Waals surface area contributed by atoms with Crippen molar-refractivity contribution >= 4 is 42.6 Å². The highest BCUT2D eigenvalue weighted by Gasteiger charge is 2.45. The number of hydrogen-bond donors (Lipinski definition) is 3. The standard InChI is InChI=1S/C30H41BN4O7S/c1-18(2)15-25(31-35(5)24(30(40)41-6)17-43-16-19(3)29(39)42-31)33-28(38)26(20(4)36)34-27(37)23-14-10-13-22(32-23)21-11-8-7-9-12-21/h7-14,18-20,24-26,36H,15-17H2,1-6H3,(H,33,38)(H,34,37)/t19-,20-,24+,25+,26+/m1/s1. The Morgan fingerprint density at radius 2 is 1.81 bits per heavy atom. The number of carbonyl (C=O) groups is 4. The Balaban J connectivity index is 1.87. The Hall–Kier alpha value is -3.42. The number of thioether (sulfide) groups is 1. The monoisotopic (exact) mass is 612 g/mol. The van der Waals surface area contributed by atoms with E-state index in [1.807, 2.05) is 44.2 Å². The van der Waals surface area contributed by atoms with Gasteiger partial charge in [-0.05, 0) is 38.4 Å². The van der Waals surface area contributed by atoms with Gasteiger partial charge in [-0.1, -0.05) is 57.2 Å². The van der Waals surface area contributed by atoms with Gasteiger partial charge in [0, 0.05) is 17.1 Å². The molecular formula is C30H41BN4O7S. The van der Waals surface area contributed by atoms with E-state index in [1.165, 1.54) is 31.9 Å². The average molecular weight is 613 g/mol. The number of ether oxygens (including phenoxy) is 1. The number of amides is 2. The second kappa shape index (κ2) is 15.9. The van der Waals surface area contributed by atoms with E-state index < -0.39 is 60.9 Å². The molecule has 11 nitrogen and oxygen atoms in total. The molecule has 1 aromatic heterocycles. The Morgan fingerprint density at radius 1 is 1.12 bits per heavy atom. The van der Waals surface area contributed by atoms with Gasteiger partial charge < -0.3 is 25.1 Å². The lowest BCUT2D eigenvalue weighted by Gasteiger charge is -2.35. The molecule has 1 aromatic carbocycles. The minimum atomic E-state index is -1.34. The fourth-order valence-corrected chi connectivity index (χ4v) is 5.97. The van der Waals surface area contributed by atoms with Gasteiger partial charge in [-0.2, -0.15) is 11.8 Å². The smallest absolute Gasteiger partial charge is 0.475 e. The van der Waals surface area contributed by atoms with Crippen LogP contribution in [-0.2, 0) is 23.8 Å². The molecule has 43 heavy (non-hydrogen) atoms. The highest BCUT2D eigenvalue weighted by Crippen LogP contribution is 2.22. The van der Waals surface area contributed by atoms with Crippen LogP contribution in [0, 0.1) is 11.8 Å². The molecule has 0 bridgehead atoms. The number of nitrogens with one attached hydrogen (secondary N) is 2. The predicted molar refractivity (Wildman–Crippen MR) is 166 cm³/mol. The van der Waals surface area contributed by atoms with E-state index in [-0.39, 0.29) is 11.6 Å². The maximum absolute atomic E-state index is 13.7. The summed E-state index contributed by atoms with van der Waals surface area (Å²) >= 11 is 1.45. The first-order valence-corrected chi connectivity index (χ1v) is 15.5. The van der Waals surface area contributed by atoms with E-state index in [4.69, 9.17) is 9.39 Å². The number of aliphatic hydroxyl groups is 1. The summed E-state index contributed by atoms with van der Waals surface area (Å²) in [5, 5.41) is 16.1. The summed E-state index contributed by atoms with van der Waals surface area (Å²) in [6, 6.07) is 12.3. The number of carbonyl (C=O) groups excluding carboxylic acids is 4. The fraction of sp³-hybridized carbons (Fsp3) is 0.500. The molecule has 1 saturated heterocycles. The second-order valence-electron chi connectivity index (χ2n) is 11.2. The number of benzene rings is 1. The van der Waals surface area contributed by atoms with Crippen LogP contribution in [0.2, 0.25) is 0 Å². The number of nitrogens with zero attached hydrogens (tertiary/aromatic N) is 2. The predicted octanol–water partition coefficient (Wildman–Crippen LogP) is 2.19. The van der Waals surface area contributed by atoms with E-state index in [1.54, 1.807) is 30.9 Å². The number of aliphatic hydroxyl groups excluding tert-OH is 1. The van der Waals surface area contributed by atoms with E-state index in [0.29, 0.717) is 23.6 Å². The average Bonchev–Trinajstić information content (AvgIpc) is 3.04. The normalized spacial score (nSPS) is 20.1. The molecule has 3 rings (SSSR count). The number of hydrogen-bond acceptors (Lipinski definition) is 10. The molecule has 1 aliphatic rings. The van der Waals surface area contributed by atoms with Crippen molar-refractivity contribution in [2.75, 3.05) is 25.7 Å². The molecule has 2 amide bonds. The van der Waals surface area contributed by atoms with Crippen LogP contribution in [-0.4, -0.2) is 95.5 Å². The highest BCUT2D eigenvalue weighted by atomic mass is 32.2. The van der Waals surface area contributed by atoms with E-state index in [0.717, 1.165) is 5.56 Å². The summed E-state index contributed by atoms with van der Waals surface area (Å²) in [6.07, 6.45) is -0.883. The zero-order valence-electron chi connectivity index (χ0n) is 25.5. The molecule has 232 valence electrons. The first-order valence-electron chi connectivity index (χ1n) is 14.3. The number of methoxy groups -OCH3 is 1. The molecule has 0 spiro atoms. The van der Waals surface area contributed by atoms with Gasteiger partial charge in [0.05, 0.1) is 30.8 Å². The van der Waals surface area contributed by atoms with Crippen molar-refractivity contribution < 1.29 is 33.7 Å². The number of esters is 1. The van der Waals surface area contributed by atoms with Crippen LogP contribution in [0.15, 0.2) is 48.5 Å². The number of pyridine rings is 1. The second-order valence-corrected chi connectivity index (χ2v) is 12.3. The lowest BCUT2D eigenvalue weighted by Crippen LogP contribution is -2.64. The van der Waals surface area contributed by atoms with Crippen molar-refractivity contribution in [2.45, 2.75) is 58.2 Å². The van der Waals surface area contributed by atoms with Gasteiger partial charge in [-0.25, -0.2) is 4.98 Å². The van der Waals surface area contributed by atoms with Gasteiger partial charge in [-0.3, -0.25) is 24.0 Å². The minimum Gasteiger partial charge on any atom is -0.518 e. The van der Waals surface area contributed by atoms with Crippen LogP contribution < -0.4 is 10.6 Å². The Labute approximate surface area is 257 Å². The lowest BCUT2D eigenvalue weighted by atomic mass is 9.66. The van der Waals surface area contributed by atoms with Crippen molar-refractivity contribution in [2.24, 2.45) is 11.8 Å². The van der Waals surface area contributed by atoms with Crippen LogP contribution in [0.3, 0.4) is 0 Å². The quantitative estimate of drug-likeness (QED) is 0.270. The van der Waals surface area contributed by atoms with Crippen molar-refractivity contribution in [3.63, 3.8) is 0 Å². The SMILES string of the molecule is COC(=O)[C@@H]1CSC[C@@H](C)C(=O)OB([C@H](CC(C)C)NC(=O)[C@@H](NC(=O)c2cccc(-c3ccccc3)n2)[C@@H](C)O)N1C. The largest absolute Gasteiger partial charge is 0.518 e. The van der Waals surface area contributed by atoms with Gasteiger partial charge in [0.25, 0.3) is 11.9 Å². The van der Waals surface area contributed by atoms with E-state index in [9.17, 15) is 24.3 Å².